The smallest absolute Gasteiger partial charge is 0.393 e. The lowest BCUT2D eigenvalue weighted by molar-refractivity contribution is -0.174. The highest BCUT2D eigenvalue weighted by molar-refractivity contribution is 5.90. The van der Waals surface area contributed by atoms with E-state index in [-0.39, 0.29) is 19.3 Å². The Bertz CT molecular complexity index is 1200. The molecule has 2 fully saturated rings. The van der Waals surface area contributed by atoms with Crippen molar-refractivity contribution in [2.24, 2.45) is 0 Å². The van der Waals surface area contributed by atoms with Gasteiger partial charge in [-0.2, -0.15) is 23.3 Å². The molecule has 38 heavy (non-hydrogen) atoms. The van der Waals surface area contributed by atoms with Crippen molar-refractivity contribution in [3.63, 3.8) is 0 Å². The molecule has 2 aliphatic heterocycles. The minimum absolute atomic E-state index is 0.0834. The molecule has 0 aliphatic carbocycles. The molecule has 0 radical (unpaired) electrons. The molecule has 206 valence electrons. The minimum Gasteiger partial charge on any atom is -0.393 e. The molecule has 5 heterocycles. The number of hydrogen-bond acceptors (Lipinski definition) is 11. The van der Waals surface area contributed by atoms with Gasteiger partial charge in [-0.25, -0.2) is 15.0 Å². The van der Waals surface area contributed by atoms with Gasteiger partial charge in [-0.15, -0.1) is 0 Å². The van der Waals surface area contributed by atoms with Crippen LogP contribution in [0, 0.1) is 0 Å². The molecule has 2 saturated heterocycles. The van der Waals surface area contributed by atoms with Crippen LogP contribution in [0.3, 0.4) is 0 Å². The number of likely N-dealkylation sites (tertiary alicyclic amines) is 1. The summed E-state index contributed by atoms with van der Waals surface area (Å²) in [7, 11) is 0. The average Bonchev–Trinajstić information content (AvgIpc) is 3.26. The van der Waals surface area contributed by atoms with E-state index >= 15 is 0 Å². The number of piperidine rings is 1. The van der Waals surface area contributed by atoms with Crippen LogP contribution in [-0.2, 0) is 17.8 Å². The fraction of sp³-hybridized carbons (Fsp3) is 0.609. The number of aromatic nitrogens is 6. The number of piperazine rings is 1. The first-order chi connectivity index (χ1) is 18.4. The van der Waals surface area contributed by atoms with Crippen LogP contribution in [0.5, 0.6) is 0 Å². The molecular weight excluding hydrogens is 505 g/mol. The van der Waals surface area contributed by atoms with E-state index in [1.807, 2.05) is 0 Å². The third-order valence-corrected chi connectivity index (χ3v) is 6.52. The number of halogens is 3. The Labute approximate surface area is 217 Å². The van der Waals surface area contributed by atoms with Gasteiger partial charge < -0.3 is 25.4 Å². The average molecular weight is 537 g/mol. The van der Waals surface area contributed by atoms with Gasteiger partial charge in [0.05, 0.1) is 19.3 Å². The van der Waals surface area contributed by atoms with Gasteiger partial charge in [0.25, 0.3) is 0 Å². The number of nitrogens with one attached hydrogen (secondary N) is 2. The number of aliphatic hydroxyl groups excluding tert-OH is 1. The highest BCUT2D eigenvalue weighted by Crippen LogP contribution is 2.30. The van der Waals surface area contributed by atoms with Crippen LogP contribution in [0.15, 0.2) is 18.6 Å². The first-order valence-corrected chi connectivity index (χ1v) is 12.7. The second-order valence-corrected chi connectivity index (χ2v) is 9.37. The Kier molecular flexibility index (Phi) is 8.16. The first kappa shape index (κ1) is 26.5. The molecule has 15 heteroatoms. The zero-order valence-electron chi connectivity index (χ0n) is 20.9. The summed E-state index contributed by atoms with van der Waals surface area (Å²) in [6.45, 7) is 3.56. The predicted octanol–water partition coefficient (Wildman–Crippen LogP) is 1.31. The highest BCUT2D eigenvalue weighted by atomic mass is 19.4. The Balaban J connectivity index is 1.53. The van der Waals surface area contributed by atoms with E-state index in [4.69, 9.17) is 19.8 Å². The van der Waals surface area contributed by atoms with E-state index in [0.29, 0.717) is 66.8 Å². The second kappa shape index (κ2) is 11.7. The Morgan fingerprint density at radius 1 is 1.13 bits per heavy atom. The first-order valence-electron chi connectivity index (χ1n) is 12.7. The number of ether oxygens (including phenoxy) is 1. The van der Waals surface area contributed by atoms with Crippen LogP contribution < -0.4 is 15.5 Å². The molecule has 12 nitrogen and oxygen atoms in total. The van der Waals surface area contributed by atoms with Gasteiger partial charge in [0.2, 0.25) is 5.95 Å². The number of rotatable bonds is 9. The van der Waals surface area contributed by atoms with E-state index in [2.05, 4.69) is 30.4 Å². The van der Waals surface area contributed by atoms with Crippen molar-refractivity contribution >= 4 is 28.6 Å². The SMILES string of the molecule is OC1CCN(Cc2nn(CCOCC(F)(F)F)c3c(Nc4ccncn4)nc(N4CCNCC4)nc23)CC1. The van der Waals surface area contributed by atoms with Crippen molar-refractivity contribution in [2.75, 3.05) is 62.7 Å². The third kappa shape index (κ3) is 6.64. The monoisotopic (exact) mass is 536 g/mol. The van der Waals surface area contributed by atoms with Crippen molar-refractivity contribution in [1.82, 2.24) is 39.9 Å². The molecule has 3 aromatic rings. The summed E-state index contributed by atoms with van der Waals surface area (Å²) < 4.78 is 44.4. The van der Waals surface area contributed by atoms with Gasteiger partial charge in [0, 0.05) is 52.0 Å². The molecule has 0 unspecified atom stereocenters. The zero-order valence-corrected chi connectivity index (χ0v) is 20.9. The van der Waals surface area contributed by atoms with Gasteiger partial charge >= 0.3 is 6.18 Å². The number of hydrogen-bond donors (Lipinski definition) is 3. The van der Waals surface area contributed by atoms with Crippen molar-refractivity contribution < 1.29 is 23.0 Å². The predicted molar refractivity (Wildman–Crippen MR) is 133 cm³/mol. The van der Waals surface area contributed by atoms with Gasteiger partial charge in [0.1, 0.15) is 35.5 Å². The number of alkyl halides is 3. The molecular formula is C23H31F3N10O2. The standard InChI is InChI=1S/C23H31F3N10O2/c24-23(25,26)14-38-12-11-36-20-19(17(33-36)13-34-7-2-16(37)3-8-34)31-22(35-9-5-27-6-10-35)32-21(20)30-18-1-4-28-15-29-18/h1,4,15-16,27,37H,2-3,5-14H2,(H,28,29,30,31,32). The summed E-state index contributed by atoms with van der Waals surface area (Å²) in [5.74, 6) is 1.50. The van der Waals surface area contributed by atoms with Gasteiger partial charge in [-0.3, -0.25) is 9.58 Å². The quantitative estimate of drug-likeness (QED) is 0.342. The summed E-state index contributed by atoms with van der Waals surface area (Å²) in [6.07, 6.45) is -0.356. The van der Waals surface area contributed by atoms with E-state index in [9.17, 15) is 18.3 Å². The highest BCUT2D eigenvalue weighted by Gasteiger charge is 2.28. The van der Waals surface area contributed by atoms with E-state index in [0.717, 1.165) is 26.2 Å². The van der Waals surface area contributed by atoms with Crippen LogP contribution in [0.2, 0.25) is 0 Å². The summed E-state index contributed by atoms with van der Waals surface area (Å²) in [5.41, 5.74) is 1.87. The lowest BCUT2D eigenvalue weighted by Crippen LogP contribution is -2.44. The number of aliphatic hydroxyl groups is 1. The lowest BCUT2D eigenvalue weighted by atomic mass is 10.1. The molecule has 0 atom stereocenters. The molecule has 0 aromatic carbocycles. The van der Waals surface area contributed by atoms with Gasteiger partial charge in [-0.05, 0) is 18.9 Å². The molecule has 0 saturated carbocycles. The minimum atomic E-state index is -4.41. The zero-order chi connectivity index (χ0) is 26.5. The molecule has 3 N–H and O–H groups in total. The molecule has 0 amide bonds. The Morgan fingerprint density at radius 2 is 1.92 bits per heavy atom. The molecule has 2 aliphatic rings. The maximum Gasteiger partial charge on any atom is 0.411 e. The maximum atomic E-state index is 12.6. The summed E-state index contributed by atoms with van der Waals surface area (Å²) in [5, 5.41) is 21.2. The van der Waals surface area contributed by atoms with Gasteiger partial charge in [-0.1, -0.05) is 0 Å². The molecule has 5 rings (SSSR count). The number of fused-ring (bicyclic) bond motifs is 1. The van der Waals surface area contributed by atoms with Crippen LogP contribution in [-0.4, -0.2) is 104 Å². The van der Waals surface area contributed by atoms with E-state index < -0.39 is 12.8 Å². The topological polar surface area (TPSA) is 129 Å². The van der Waals surface area contributed by atoms with Crippen LogP contribution >= 0.6 is 0 Å². The van der Waals surface area contributed by atoms with E-state index in [1.54, 1.807) is 16.9 Å². The van der Waals surface area contributed by atoms with Crippen molar-refractivity contribution in [3.8, 4) is 0 Å². The summed E-state index contributed by atoms with van der Waals surface area (Å²) in [6, 6.07) is 1.70. The third-order valence-electron chi connectivity index (χ3n) is 6.52. The second-order valence-electron chi connectivity index (χ2n) is 9.37. The number of nitrogens with zero attached hydrogens (tertiary/aromatic N) is 8. The Hall–Kier alpha value is -3.14. The summed E-state index contributed by atoms with van der Waals surface area (Å²) >= 11 is 0. The van der Waals surface area contributed by atoms with E-state index in [1.165, 1.54) is 6.33 Å². The largest absolute Gasteiger partial charge is 0.411 e. The van der Waals surface area contributed by atoms with Crippen LogP contribution in [0.25, 0.3) is 11.0 Å². The molecule has 3 aromatic heterocycles. The lowest BCUT2D eigenvalue weighted by Gasteiger charge is -2.29. The van der Waals surface area contributed by atoms with Crippen molar-refractivity contribution in [2.45, 2.75) is 38.2 Å². The normalized spacial score (nSPS) is 17.8. The van der Waals surface area contributed by atoms with Crippen molar-refractivity contribution in [3.05, 3.63) is 24.3 Å². The fourth-order valence-corrected chi connectivity index (χ4v) is 4.61. The van der Waals surface area contributed by atoms with Crippen LogP contribution in [0.4, 0.5) is 30.8 Å². The summed E-state index contributed by atoms with van der Waals surface area (Å²) in [4.78, 5) is 22.2. The van der Waals surface area contributed by atoms with Gasteiger partial charge in [0.15, 0.2) is 5.82 Å². The van der Waals surface area contributed by atoms with Crippen LogP contribution in [0.1, 0.15) is 18.5 Å². The molecule has 0 spiro atoms. The number of anilines is 3. The maximum absolute atomic E-state index is 12.6. The molecule has 0 bridgehead atoms. The van der Waals surface area contributed by atoms with Crippen molar-refractivity contribution in [1.29, 1.82) is 0 Å². The fourth-order valence-electron chi connectivity index (χ4n) is 4.61. The Morgan fingerprint density at radius 3 is 2.63 bits per heavy atom.